The van der Waals surface area contributed by atoms with Crippen LogP contribution in [0.25, 0.3) is 57.5 Å². The number of rotatable bonds is 2. The summed E-state index contributed by atoms with van der Waals surface area (Å²) in [5, 5.41) is 9.23. The Morgan fingerprint density at radius 3 is 1.67 bits per heavy atom. The Kier molecular flexibility index (Phi) is 8.23. The zero-order valence-corrected chi connectivity index (χ0v) is 21.1. The Balaban J connectivity index is 0.00000120. The predicted octanol–water partition coefficient (Wildman–Crippen LogP) is 0.0263. The molecule has 0 radical (unpaired) electrons. The van der Waals surface area contributed by atoms with Crippen molar-refractivity contribution in [3.63, 3.8) is 0 Å². The van der Waals surface area contributed by atoms with Crippen molar-refractivity contribution in [2.75, 3.05) is 0 Å². The van der Waals surface area contributed by atoms with Crippen molar-refractivity contribution in [3.8, 4) is 11.1 Å². The summed E-state index contributed by atoms with van der Waals surface area (Å²) in [6.07, 6.45) is 7.93. The quantitative estimate of drug-likeness (QED) is 0.262. The standard InChI is InChI=1S/C27H18N4O2.2ClH.Fe/c32-27(33)17-3-1-16(2-4-17)25-14-24-13-22-8-7-20(29-22)11-18-5-6-19(28-18)12-21-9-10-23(30-21)15-26(25)31-24;;;/h1-15,28,31H,(H,32,33);2*1H;/q;;;+2/p-2. The van der Waals surface area contributed by atoms with Crippen molar-refractivity contribution in [2.45, 2.75) is 0 Å². The van der Waals surface area contributed by atoms with E-state index in [1.807, 2.05) is 78.9 Å². The average molecular weight is 557 g/mol. The van der Waals surface area contributed by atoms with E-state index in [1.165, 1.54) is 0 Å². The van der Waals surface area contributed by atoms with E-state index in [-0.39, 0.29) is 47.4 Å². The van der Waals surface area contributed by atoms with Gasteiger partial charge in [0.1, 0.15) is 0 Å². The van der Waals surface area contributed by atoms with Gasteiger partial charge >= 0.3 is 23.0 Å². The largest absolute Gasteiger partial charge is 2.00 e. The van der Waals surface area contributed by atoms with E-state index in [9.17, 15) is 9.90 Å². The molecular weight excluding hydrogens is 539 g/mol. The molecule has 0 saturated carbocycles. The third-order valence-electron chi connectivity index (χ3n) is 5.61. The van der Waals surface area contributed by atoms with Crippen molar-refractivity contribution in [2.24, 2.45) is 0 Å². The molecule has 180 valence electrons. The topological polar surface area (TPSA) is 94.7 Å². The van der Waals surface area contributed by atoms with E-state index in [2.05, 4.69) is 9.97 Å². The maximum atomic E-state index is 11.2. The first-order chi connectivity index (χ1) is 16.1. The SMILES string of the molecule is O=C(O)c1ccc(-c2cc3cc4nc(cc5ccc(cc6nc(cc2[nH]3)C=C6)[nH]5)C=C4)cc1.[Cl-].[Cl-].[Fe+2]. The van der Waals surface area contributed by atoms with Crippen LogP contribution in [0.15, 0.2) is 66.7 Å². The molecule has 0 atom stereocenters. The Bertz CT molecular complexity index is 1650. The van der Waals surface area contributed by atoms with Crippen LogP contribution in [0.3, 0.4) is 0 Å². The minimum absolute atomic E-state index is 0. The van der Waals surface area contributed by atoms with Gasteiger partial charge in [-0.1, -0.05) is 12.1 Å². The molecule has 4 aromatic rings. The molecule has 0 aliphatic carbocycles. The molecule has 3 N–H and O–H groups in total. The number of aromatic nitrogens is 4. The van der Waals surface area contributed by atoms with Gasteiger partial charge in [-0.3, -0.25) is 0 Å². The molecule has 0 saturated heterocycles. The van der Waals surface area contributed by atoms with Crippen molar-refractivity contribution in [3.05, 3.63) is 95.1 Å². The summed E-state index contributed by atoms with van der Waals surface area (Å²) in [4.78, 5) is 27.5. The Morgan fingerprint density at radius 2 is 1.14 bits per heavy atom. The van der Waals surface area contributed by atoms with Gasteiger partial charge in [0.2, 0.25) is 0 Å². The fourth-order valence-electron chi connectivity index (χ4n) is 4.05. The molecule has 0 amide bonds. The number of H-pyrrole nitrogens is 2. The van der Waals surface area contributed by atoms with Crippen LogP contribution in [0, 0.1) is 0 Å². The smallest absolute Gasteiger partial charge is 1.00 e. The van der Waals surface area contributed by atoms with Crippen LogP contribution in [-0.4, -0.2) is 31.0 Å². The molecule has 5 heterocycles. The van der Waals surface area contributed by atoms with Gasteiger partial charge in [-0.25, -0.2) is 14.8 Å². The molecule has 0 spiro atoms. The second-order valence-electron chi connectivity index (χ2n) is 7.97. The van der Waals surface area contributed by atoms with Crippen LogP contribution in [-0.2, 0) is 17.1 Å². The van der Waals surface area contributed by atoms with Gasteiger partial charge in [0, 0.05) is 27.6 Å². The zero-order valence-electron chi connectivity index (χ0n) is 18.5. The summed E-state index contributed by atoms with van der Waals surface area (Å²) in [6, 6.07) is 21.0. The fraction of sp³-hybridized carbons (Fsp3) is 0. The fourth-order valence-corrected chi connectivity index (χ4v) is 4.05. The molecule has 2 aliphatic heterocycles. The number of benzene rings is 1. The van der Waals surface area contributed by atoms with E-state index in [1.54, 1.807) is 12.1 Å². The van der Waals surface area contributed by atoms with Gasteiger partial charge in [-0.15, -0.1) is 0 Å². The number of hydrogen-bond acceptors (Lipinski definition) is 3. The number of fused-ring (bicyclic) bond motifs is 8. The first kappa shape index (κ1) is 27.0. The van der Waals surface area contributed by atoms with Crippen molar-refractivity contribution >= 4 is 52.3 Å². The number of hydrogen-bond donors (Lipinski definition) is 3. The normalized spacial score (nSPS) is 11.2. The van der Waals surface area contributed by atoms with Crippen LogP contribution in [0.1, 0.15) is 33.1 Å². The van der Waals surface area contributed by atoms with E-state index >= 15 is 0 Å². The van der Waals surface area contributed by atoms with Gasteiger partial charge in [-0.2, -0.15) is 0 Å². The molecule has 36 heavy (non-hydrogen) atoms. The van der Waals surface area contributed by atoms with Gasteiger partial charge in [0.15, 0.2) is 0 Å². The number of carboxylic acid groups (broad SMARTS) is 1. The summed E-state index contributed by atoms with van der Waals surface area (Å²) < 4.78 is 0. The Labute approximate surface area is 229 Å². The van der Waals surface area contributed by atoms with Crippen molar-refractivity contribution in [1.82, 2.24) is 19.9 Å². The van der Waals surface area contributed by atoms with E-state index < -0.39 is 5.97 Å². The predicted molar refractivity (Wildman–Crippen MR) is 131 cm³/mol. The third kappa shape index (κ3) is 5.45. The molecule has 2 aliphatic rings. The molecule has 0 fully saturated rings. The van der Waals surface area contributed by atoms with Crippen LogP contribution in [0.2, 0.25) is 0 Å². The maximum Gasteiger partial charge on any atom is 2.00 e. The number of nitrogens with one attached hydrogen (secondary N) is 2. The zero-order chi connectivity index (χ0) is 22.4. The van der Waals surface area contributed by atoms with Gasteiger partial charge < -0.3 is 39.9 Å². The van der Waals surface area contributed by atoms with Crippen LogP contribution >= 0.6 is 0 Å². The van der Waals surface area contributed by atoms with Crippen LogP contribution in [0.4, 0.5) is 0 Å². The molecule has 3 aromatic heterocycles. The van der Waals surface area contributed by atoms with Crippen molar-refractivity contribution < 1.29 is 51.8 Å². The number of carbonyl (C=O) groups is 1. The van der Waals surface area contributed by atoms with Gasteiger partial charge in [0.05, 0.1) is 28.3 Å². The Hall–Kier alpha value is -3.61. The second kappa shape index (κ2) is 11.0. The molecular formula is C27H18Cl2FeN4O2. The molecule has 6 rings (SSSR count). The summed E-state index contributed by atoms with van der Waals surface area (Å²) in [6.45, 7) is 0. The Morgan fingerprint density at radius 1 is 0.639 bits per heavy atom. The molecule has 6 nitrogen and oxygen atoms in total. The number of carboxylic acids is 1. The summed E-state index contributed by atoms with van der Waals surface area (Å²) in [5.41, 5.74) is 9.29. The monoisotopic (exact) mass is 556 g/mol. The summed E-state index contributed by atoms with van der Waals surface area (Å²) >= 11 is 0. The van der Waals surface area contributed by atoms with E-state index in [0.29, 0.717) is 0 Å². The van der Waals surface area contributed by atoms with Gasteiger partial charge in [-0.05, 0) is 84.5 Å². The van der Waals surface area contributed by atoms with Crippen LogP contribution < -0.4 is 24.8 Å². The molecule has 8 bridgehead atoms. The van der Waals surface area contributed by atoms with Crippen LogP contribution in [0.5, 0.6) is 0 Å². The first-order valence-electron chi connectivity index (χ1n) is 10.5. The maximum absolute atomic E-state index is 11.2. The van der Waals surface area contributed by atoms with Gasteiger partial charge in [0.25, 0.3) is 0 Å². The third-order valence-corrected chi connectivity index (χ3v) is 5.61. The van der Waals surface area contributed by atoms with E-state index in [4.69, 9.17) is 9.97 Å². The molecule has 1 aromatic carbocycles. The number of aromatic amines is 2. The molecule has 0 unspecified atom stereocenters. The summed E-state index contributed by atoms with van der Waals surface area (Å²) in [5.74, 6) is -0.942. The van der Waals surface area contributed by atoms with Crippen molar-refractivity contribution in [1.29, 1.82) is 0 Å². The molecule has 9 heteroatoms. The minimum Gasteiger partial charge on any atom is -1.00 e. The minimum atomic E-state index is -0.942. The second-order valence-corrected chi connectivity index (χ2v) is 7.97. The van der Waals surface area contributed by atoms with E-state index in [0.717, 1.165) is 56.0 Å². The number of halogens is 2. The average Bonchev–Trinajstić information content (AvgIpc) is 3.59. The number of nitrogens with zero attached hydrogens (tertiary/aromatic N) is 2. The summed E-state index contributed by atoms with van der Waals surface area (Å²) in [7, 11) is 0. The first-order valence-corrected chi connectivity index (χ1v) is 10.5. The number of aromatic carboxylic acids is 1.